The molecule has 2 aliphatic heterocycles. The third kappa shape index (κ3) is 2.92. The summed E-state index contributed by atoms with van der Waals surface area (Å²) >= 11 is 5.66. The summed E-state index contributed by atoms with van der Waals surface area (Å²) in [7, 11) is 0. The van der Waals surface area contributed by atoms with Gasteiger partial charge in [-0.3, -0.25) is 10.1 Å². The van der Waals surface area contributed by atoms with Crippen molar-refractivity contribution >= 4 is 28.7 Å². The third-order valence-electron chi connectivity index (χ3n) is 5.70. The number of non-ortho nitro benzene ring substituents is 1. The number of nitro benzene ring substituents is 1. The van der Waals surface area contributed by atoms with Gasteiger partial charge in [0.2, 0.25) is 0 Å². The summed E-state index contributed by atoms with van der Waals surface area (Å²) in [6, 6.07) is 7.06. The molecule has 5 rings (SSSR count). The first-order valence-electron chi connectivity index (χ1n) is 8.40. The molecule has 2 heterocycles. The smallest absolute Gasteiger partial charge is 0.269 e. The van der Waals surface area contributed by atoms with E-state index in [2.05, 4.69) is 10.2 Å². The first-order valence-corrected chi connectivity index (χ1v) is 8.81. The molecule has 0 spiro atoms. The summed E-state index contributed by atoms with van der Waals surface area (Å²) in [6.07, 6.45) is 6.70. The maximum absolute atomic E-state index is 10.7. The standard InChI is InChI=1S/C17H21N3O2S/c21-20(22)15-3-1-14(2-4-15)18-17(23)19-10-13-6-11-5-12(7-13)9-16(19)8-11/h1-4,11-13,16H,5-10H2,(H,18,23). The van der Waals surface area contributed by atoms with Crippen LogP contribution in [0, 0.1) is 27.9 Å². The zero-order chi connectivity index (χ0) is 16.0. The molecule has 0 radical (unpaired) electrons. The second-order valence-corrected chi connectivity index (χ2v) is 7.70. The van der Waals surface area contributed by atoms with Crippen LogP contribution in [0.15, 0.2) is 24.3 Å². The number of hydrogen-bond acceptors (Lipinski definition) is 3. The van der Waals surface area contributed by atoms with Gasteiger partial charge in [-0.25, -0.2) is 0 Å². The van der Waals surface area contributed by atoms with Crippen molar-refractivity contribution in [2.45, 2.75) is 38.1 Å². The Kier molecular flexibility index (Phi) is 3.71. The van der Waals surface area contributed by atoms with Gasteiger partial charge < -0.3 is 10.2 Å². The van der Waals surface area contributed by atoms with Gasteiger partial charge in [-0.2, -0.15) is 0 Å². The van der Waals surface area contributed by atoms with Gasteiger partial charge in [0.05, 0.1) is 4.92 Å². The maximum atomic E-state index is 10.7. The van der Waals surface area contributed by atoms with Crippen LogP contribution in [0.4, 0.5) is 11.4 Å². The Labute approximate surface area is 141 Å². The van der Waals surface area contributed by atoms with Crippen LogP contribution in [0.2, 0.25) is 0 Å². The number of thiocarbonyl (C=S) groups is 1. The molecule has 122 valence electrons. The van der Waals surface area contributed by atoms with Crippen molar-refractivity contribution < 1.29 is 4.92 Å². The lowest BCUT2D eigenvalue weighted by Gasteiger charge is -2.39. The van der Waals surface area contributed by atoms with Crippen LogP contribution in [-0.2, 0) is 0 Å². The SMILES string of the molecule is O=[N+]([O-])c1ccc(NC(=S)N2CC3CC4CC(C3)CC2C4)cc1. The molecule has 0 amide bonds. The molecule has 4 bridgehead atoms. The molecule has 2 unspecified atom stereocenters. The lowest BCUT2D eigenvalue weighted by molar-refractivity contribution is -0.384. The average Bonchev–Trinajstić information content (AvgIpc) is 2.71. The Hall–Kier alpha value is -1.69. The minimum absolute atomic E-state index is 0.104. The lowest BCUT2D eigenvalue weighted by atomic mass is 9.68. The zero-order valence-corrected chi connectivity index (χ0v) is 13.8. The molecule has 6 heteroatoms. The Morgan fingerprint density at radius 1 is 1.09 bits per heavy atom. The molecule has 23 heavy (non-hydrogen) atoms. The lowest BCUT2D eigenvalue weighted by Crippen LogP contribution is -2.44. The van der Waals surface area contributed by atoms with E-state index in [-0.39, 0.29) is 10.6 Å². The number of fused-ring (bicyclic) bond motifs is 1. The van der Waals surface area contributed by atoms with Crippen molar-refractivity contribution in [1.82, 2.24) is 4.90 Å². The van der Waals surface area contributed by atoms with Crippen molar-refractivity contribution in [3.63, 3.8) is 0 Å². The highest BCUT2D eigenvalue weighted by Gasteiger charge is 2.43. The molecule has 1 aromatic carbocycles. The highest BCUT2D eigenvalue weighted by atomic mass is 32.1. The first-order chi connectivity index (χ1) is 11.1. The van der Waals surface area contributed by atoms with Gasteiger partial charge in [0, 0.05) is 30.4 Å². The van der Waals surface area contributed by atoms with E-state index in [0.29, 0.717) is 6.04 Å². The molecular formula is C17H21N3O2S. The van der Waals surface area contributed by atoms with E-state index in [1.807, 2.05) is 0 Å². The number of hydrogen-bond donors (Lipinski definition) is 1. The summed E-state index contributed by atoms with van der Waals surface area (Å²) in [4.78, 5) is 12.7. The van der Waals surface area contributed by atoms with E-state index < -0.39 is 0 Å². The van der Waals surface area contributed by atoms with Gasteiger partial charge in [-0.05, 0) is 74.2 Å². The number of nitro groups is 1. The number of rotatable bonds is 2. The second-order valence-electron chi connectivity index (χ2n) is 7.32. The van der Waals surface area contributed by atoms with E-state index in [1.54, 1.807) is 12.1 Å². The fourth-order valence-electron chi connectivity index (χ4n) is 4.89. The Morgan fingerprint density at radius 2 is 1.70 bits per heavy atom. The highest BCUT2D eigenvalue weighted by Crippen LogP contribution is 2.47. The minimum Gasteiger partial charge on any atom is -0.346 e. The van der Waals surface area contributed by atoms with E-state index >= 15 is 0 Å². The predicted molar refractivity (Wildman–Crippen MR) is 93.4 cm³/mol. The van der Waals surface area contributed by atoms with E-state index in [4.69, 9.17) is 12.2 Å². The predicted octanol–water partition coefficient (Wildman–Crippen LogP) is 3.80. The number of nitrogens with one attached hydrogen (secondary N) is 1. The normalized spacial score (nSPS) is 31.7. The van der Waals surface area contributed by atoms with Crippen molar-refractivity contribution in [3.05, 3.63) is 34.4 Å². The van der Waals surface area contributed by atoms with Gasteiger partial charge in [0.15, 0.2) is 5.11 Å². The van der Waals surface area contributed by atoms with Gasteiger partial charge in [-0.1, -0.05) is 0 Å². The summed E-state index contributed by atoms with van der Waals surface area (Å²) in [5, 5.41) is 14.8. The van der Waals surface area contributed by atoms with Crippen LogP contribution < -0.4 is 5.32 Å². The van der Waals surface area contributed by atoms with Crippen molar-refractivity contribution in [3.8, 4) is 0 Å². The highest BCUT2D eigenvalue weighted by molar-refractivity contribution is 7.80. The van der Waals surface area contributed by atoms with Gasteiger partial charge in [0.1, 0.15) is 0 Å². The van der Waals surface area contributed by atoms with Crippen LogP contribution in [0.25, 0.3) is 0 Å². The molecular weight excluding hydrogens is 310 g/mol. The van der Waals surface area contributed by atoms with Crippen LogP contribution >= 0.6 is 12.2 Å². The quantitative estimate of drug-likeness (QED) is 0.507. The van der Waals surface area contributed by atoms with Gasteiger partial charge in [0.25, 0.3) is 5.69 Å². The summed E-state index contributed by atoms with van der Waals surface area (Å²) in [5.74, 6) is 2.57. The van der Waals surface area contributed by atoms with E-state index in [9.17, 15) is 10.1 Å². The zero-order valence-electron chi connectivity index (χ0n) is 13.0. The molecule has 1 N–H and O–H groups in total. The molecule has 2 saturated carbocycles. The molecule has 4 aliphatic rings. The van der Waals surface area contributed by atoms with Crippen molar-refractivity contribution in [2.75, 3.05) is 11.9 Å². The Balaban J connectivity index is 1.47. The minimum atomic E-state index is -0.383. The van der Waals surface area contributed by atoms with Crippen molar-refractivity contribution in [1.29, 1.82) is 0 Å². The van der Waals surface area contributed by atoms with Crippen LogP contribution in [0.1, 0.15) is 32.1 Å². The number of anilines is 1. The summed E-state index contributed by atoms with van der Waals surface area (Å²) in [6.45, 7) is 1.07. The second kappa shape index (κ2) is 5.74. The molecule has 1 aromatic rings. The molecule has 4 fully saturated rings. The maximum Gasteiger partial charge on any atom is 0.269 e. The largest absolute Gasteiger partial charge is 0.346 e. The van der Waals surface area contributed by atoms with E-state index in [1.165, 1.54) is 44.2 Å². The fourth-order valence-corrected chi connectivity index (χ4v) is 5.24. The average molecular weight is 331 g/mol. The van der Waals surface area contributed by atoms with Crippen molar-refractivity contribution in [2.24, 2.45) is 17.8 Å². The molecule has 2 atom stereocenters. The summed E-state index contributed by atoms with van der Waals surface area (Å²) < 4.78 is 0. The summed E-state index contributed by atoms with van der Waals surface area (Å²) in [5.41, 5.74) is 0.928. The monoisotopic (exact) mass is 331 g/mol. The Morgan fingerprint density at radius 3 is 2.30 bits per heavy atom. The third-order valence-corrected chi connectivity index (χ3v) is 6.03. The van der Waals surface area contributed by atoms with Gasteiger partial charge >= 0.3 is 0 Å². The molecule has 5 nitrogen and oxygen atoms in total. The van der Waals surface area contributed by atoms with Crippen LogP contribution in [0.5, 0.6) is 0 Å². The van der Waals surface area contributed by atoms with Gasteiger partial charge in [-0.15, -0.1) is 0 Å². The number of benzene rings is 1. The topological polar surface area (TPSA) is 58.4 Å². The Bertz CT molecular complexity index is 619. The molecule has 0 aromatic heterocycles. The van der Waals surface area contributed by atoms with Crippen LogP contribution in [0.3, 0.4) is 0 Å². The first kappa shape index (κ1) is 14.9. The van der Waals surface area contributed by atoms with E-state index in [0.717, 1.165) is 35.1 Å². The molecule has 2 saturated heterocycles. The number of nitrogens with zero attached hydrogens (tertiary/aromatic N) is 2. The van der Waals surface area contributed by atoms with Crippen LogP contribution in [-0.4, -0.2) is 27.5 Å². The fraction of sp³-hybridized carbons (Fsp3) is 0.588. The molecule has 2 aliphatic carbocycles.